The largest absolute Gasteiger partial charge is 0.396 e. The van der Waals surface area contributed by atoms with E-state index in [1.807, 2.05) is 17.9 Å². The van der Waals surface area contributed by atoms with Crippen LogP contribution < -0.4 is 0 Å². The fraction of sp³-hybridized carbons (Fsp3) is 0.769. The topological polar surface area (TPSA) is 50.5 Å². The molecule has 5 nitrogen and oxygen atoms in total. The number of hydrogen-bond acceptors (Lipinski definition) is 4. The molecule has 2 aliphatic rings. The van der Waals surface area contributed by atoms with E-state index in [0.29, 0.717) is 12.0 Å². The van der Waals surface area contributed by atoms with Crippen molar-refractivity contribution in [1.29, 1.82) is 0 Å². The highest BCUT2D eigenvalue weighted by Crippen LogP contribution is 2.34. The summed E-state index contributed by atoms with van der Waals surface area (Å²) in [7, 11) is 1.95. The second kappa shape index (κ2) is 4.99. The Kier molecular flexibility index (Phi) is 3.37. The van der Waals surface area contributed by atoms with Crippen LogP contribution in [-0.4, -0.2) is 51.7 Å². The normalized spacial score (nSPS) is 32.7. The Balaban J connectivity index is 1.69. The van der Waals surface area contributed by atoms with Gasteiger partial charge in [-0.3, -0.25) is 9.58 Å². The molecule has 3 rings (SSSR count). The zero-order valence-electron chi connectivity index (χ0n) is 10.8. The molecule has 0 amide bonds. The van der Waals surface area contributed by atoms with Crippen molar-refractivity contribution in [3.63, 3.8) is 0 Å². The summed E-state index contributed by atoms with van der Waals surface area (Å²) in [5.74, 6) is 0.326. The fourth-order valence-corrected chi connectivity index (χ4v) is 3.32. The van der Waals surface area contributed by atoms with Gasteiger partial charge in [-0.1, -0.05) is 0 Å². The molecule has 1 saturated heterocycles. The lowest BCUT2D eigenvalue weighted by atomic mass is 10.0. The minimum absolute atomic E-state index is 0.223. The summed E-state index contributed by atoms with van der Waals surface area (Å²) in [5, 5.41) is 13.6. The molecule has 2 heterocycles. The third-order valence-corrected chi connectivity index (χ3v) is 4.21. The van der Waals surface area contributed by atoms with E-state index in [-0.39, 0.29) is 12.7 Å². The van der Waals surface area contributed by atoms with Gasteiger partial charge >= 0.3 is 0 Å². The van der Waals surface area contributed by atoms with Crippen molar-refractivity contribution in [1.82, 2.24) is 14.7 Å². The number of aromatic nitrogens is 2. The monoisotopic (exact) mass is 251 g/mol. The lowest BCUT2D eigenvalue weighted by Gasteiger charge is -2.38. The number of aliphatic hydroxyl groups is 1. The van der Waals surface area contributed by atoms with E-state index in [9.17, 15) is 5.11 Å². The quantitative estimate of drug-likeness (QED) is 0.844. The summed E-state index contributed by atoms with van der Waals surface area (Å²) >= 11 is 0. The first-order valence-electron chi connectivity index (χ1n) is 6.72. The molecule has 1 aromatic rings. The lowest BCUT2D eigenvalue weighted by molar-refractivity contribution is -0.0830. The number of morpholine rings is 1. The molecular weight excluding hydrogens is 230 g/mol. The number of ether oxygens (including phenoxy) is 1. The van der Waals surface area contributed by atoms with Crippen molar-refractivity contribution in [2.45, 2.75) is 31.5 Å². The number of aliphatic hydroxyl groups excluding tert-OH is 1. The van der Waals surface area contributed by atoms with Gasteiger partial charge in [0.15, 0.2) is 0 Å². The number of nitrogens with zero attached hydrogens (tertiary/aromatic N) is 3. The first-order valence-corrected chi connectivity index (χ1v) is 6.72. The molecule has 5 heteroatoms. The van der Waals surface area contributed by atoms with Crippen molar-refractivity contribution in [3.05, 3.63) is 18.0 Å². The SMILES string of the molecule is Cn1cc(CN2CCO[C@@H]3[C@H](CO)CC[C@@H]32)cn1. The van der Waals surface area contributed by atoms with Crippen LogP contribution in [0.25, 0.3) is 0 Å². The predicted molar refractivity (Wildman–Crippen MR) is 67.0 cm³/mol. The molecule has 0 bridgehead atoms. The van der Waals surface area contributed by atoms with Gasteiger partial charge in [-0.05, 0) is 12.8 Å². The molecule has 1 N–H and O–H groups in total. The standard InChI is InChI=1S/C13H21N3O2/c1-15-7-10(6-14-15)8-16-4-5-18-13-11(9-17)2-3-12(13)16/h6-7,11-13,17H,2-5,8-9H2,1H3/t11-,12-,13+/m0/s1. The van der Waals surface area contributed by atoms with Crippen LogP contribution in [0, 0.1) is 5.92 Å². The van der Waals surface area contributed by atoms with Gasteiger partial charge in [-0.15, -0.1) is 0 Å². The number of hydrogen-bond donors (Lipinski definition) is 1. The Labute approximate surface area is 107 Å². The average Bonchev–Trinajstić information content (AvgIpc) is 2.96. The maximum atomic E-state index is 9.37. The van der Waals surface area contributed by atoms with Crippen molar-refractivity contribution in [2.24, 2.45) is 13.0 Å². The highest BCUT2D eigenvalue weighted by molar-refractivity contribution is 5.05. The van der Waals surface area contributed by atoms with Crippen molar-refractivity contribution >= 4 is 0 Å². The van der Waals surface area contributed by atoms with Crippen molar-refractivity contribution < 1.29 is 9.84 Å². The molecule has 100 valence electrons. The molecular formula is C13H21N3O2. The molecule has 0 unspecified atom stereocenters. The van der Waals surface area contributed by atoms with Crippen LogP contribution in [-0.2, 0) is 18.3 Å². The second-order valence-corrected chi connectivity index (χ2v) is 5.42. The molecule has 2 fully saturated rings. The first kappa shape index (κ1) is 12.1. The summed E-state index contributed by atoms with van der Waals surface area (Å²) in [5.41, 5.74) is 1.26. The smallest absolute Gasteiger partial charge is 0.0780 e. The Bertz CT molecular complexity index is 407. The summed E-state index contributed by atoms with van der Waals surface area (Å²) in [6.45, 7) is 2.95. The van der Waals surface area contributed by atoms with E-state index in [4.69, 9.17) is 4.74 Å². The van der Waals surface area contributed by atoms with Gasteiger partial charge < -0.3 is 9.84 Å². The Morgan fingerprint density at radius 1 is 1.50 bits per heavy atom. The Morgan fingerprint density at radius 3 is 3.11 bits per heavy atom. The highest BCUT2D eigenvalue weighted by atomic mass is 16.5. The van der Waals surface area contributed by atoms with Gasteiger partial charge in [0.25, 0.3) is 0 Å². The fourth-order valence-electron chi connectivity index (χ4n) is 3.32. The van der Waals surface area contributed by atoms with E-state index in [0.717, 1.165) is 32.5 Å². The maximum absolute atomic E-state index is 9.37. The first-order chi connectivity index (χ1) is 8.78. The summed E-state index contributed by atoms with van der Waals surface area (Å²) < 4.78 is 7.70. The lowest BCUT2D eigenvalue weighted by Crippen LogP contribution is -2.50. The number of rotatable bonds is 3. The van der Waals surface area contributed by atoms with E-state index in [1.54, 1.807) is 0 Å². The van der Waals surface area contributed by atoms with E-state index >= 15 is 0 Å². The van der Waals surface area contributed by atoms with Crippen molar-refractivity contribution in [3.8, 4) is 0 Å². The van der Waals surface area contributed by atoms with E-state index < -0.39 is 0 Å². The van der Waals surface area contributed by atoms with Crippen LogP contribution in [0.4, 0.5) is 0 Å². The van der Waals surface area contributed by atoms with Gasteiger partial charge in [0.1, 0.15) is 0 Å². The molecule has 1 saturated carbocycles. The molecule has 1 aliphatic carbocycles. The minimum Gasteiger partial charge on any atom is -0.396 e. The van der Waals surface area contributed by atoms with Crippen LogP contribution in [0.15, 0.2) is 12.4 Å². The zero-order chi connectivity index (χ0) is 12.5. The summed E-state index contributed by atoms with van der Waals surface area (Å²) in [6.07, 6.45) is 6.44. The van der Waals surface area contributed by atoms with Crippen LogP contribution >= 0.6 is 0 Å². The van der Waals surface area contributed by atoms with E-state index in [1.165, 1.54) is 5.56 Å². The third kappa shape index (κ3) is 2.18. The Morgan fingerprint density at radius 2 is 2.39 bits per heavy atom. The van der Waals surface area contributed by atoms with Crippen LogP contribution in [0.3, 0.4) is 0 Å². The zero-order valence-corrected chi connectivity index (χ0v) is 10.8. The third-order valence-electron chi connectivity index (χ3n) is 4.21. The molecule has 1 aromatic heterocycles. The van der Waals surface area contributed by atoms with Gasteiger partial charge in [0.05, 0.1) is 18.9 Å². The van der Waals surface area contributed by atoms with E-state index in [2.05, 4.69) is 16.2 Å². The van der Waals surface area contributed by atoms with Gasteiger partial charge in [-0.2, -0.15) is 5.10 Å². The molecule has 0 aromatic carbocycles. The van der Waals surface area contributed by atoms with Crippen LogP contribution in [0.1, 0.15) is 18.4 Å². The summed E-state index contributed by atoms with van der Waals surface area (Å²) in [6, 6.07) is 0.469. The van der Waals surface area contributed by atoms with Crippen LogP contribution in [0.5, 0.6) is 0 Å². The molecule has 0 spiro atoms. The average molecular weight is 251 g/mol. The minimum atomic E-state index is 0.223. The second-order valence-electron chi connectivity index (χ2n) is 5.42. The van der Waals surface area contributed by atoms with Gasteiger partial charge in [0, 0.05) is 50.5 Å². The highest BCUT2D eigenvalue weighted by Gasteiger charge is 2.42. The number of fused-ring (bicyclic) bond motifs is 1. The van der Waals surface area contributed by atoms with Gasteiger partial charge in [0.2, 0.25) is 0 Å². The molecule has 1 aliphatic heterocycles. The summed E-state index contributed by atoms with van der Waals surface area (Å²) in [4.78, 5) is 2.49. The molecule has 0 radical (unpaired) electrons. The predicted octanol–water partition coefficient (Wildman–Crippen LogP) is 0.392. The number of aryl methyl sites for hydroxylation is 1. The molecule has 18 heavy (non-hydrogen) atoms. The molecule has 3 atom stereocenters. The Hall–Kier alpha value is -0.910. The van der Waals surface area contributed by atoms with Gasteiger partial charge in [-0.25, -0.2) is 0 Å². The van der Waals surface area contributed by atoms with Crippen LogP contribution in [0.2, 0.25) is 0 Å². The van der Waals surface area contributed by atoms with Crippen molar-refractivity contribution in [2.75, 3.05) is 19.8 Å². The maximum Gasteiger partial charge on any atom is 0.0780 e.